The Balaban J connectivity index is 3.73. The van der Waals surface area contributed by atoms with E-state index in [-0.39, 0.29) is 12.1 Å². The molecule has 1 atom stereocenters. The van der Waals surface area contributed by atoms with Crippen LogP contribution >= 0.6 is 0 Å². The summed E-state index contributed by atoms with van der Waals surface area (Å²) >= 11 is 0. The van der Waals surface area contributed by atoms with Gasteiger partial charge in [0.2, 0.25) is 0 Å². The Bertz CT molecular complexity index is 582. The van der Waals surface area contributed by atoms with E-state index in [2.05, 4.69) is 0 Å². The number of nitrogens with zero attached hydrogens (tertiary/aromatic N) is 1. The molecule has 0 fully saturated rings. The molecular weight excluding hydrogens is 368 g/mol. The van der Waals surface area contributed by atoms with Crippen LogP contribution < -0.4 is 0 Å². The molecule has 13 heteroatoms. The molecular formula is C11H5F10NO2. The fourth-order valence-electron chi connectivity index (χ4n) is 1.96. The van der Waals surface area contributed by atoms with Crippen LogP contribution in [0.1, 0.15) is 11.7 Å². The molecule has 0 aliphatic heterocycles. The highest BCUT2D eigenvalue weighted by Crippen LogP contribution is 2.66. The SMILES string of the molecule is O=[N+]([O-])c1cccc(C(F)C(C(F)(F)F)(C(F)(F)F)C(F)(F)F)c1. The summed E-state index contributed by atoms with van der Waals surface area (Å²) in [7, 11) is 0. The molecule has 0 saturated carbocycles. The maximum atomic E-state index is 14.0. The van der Waals surface area contributed by atoms with Crippen LogP contribution in [0.4, 0.5) is 49.6 Å². The molecule has 0 aliphatic rings. The second-order valence-electron chi connectivity index (χ2n) is 4.52. The van der Waals surface area contributed by atoms with Crippen molar-refractivity contribution in [1.29, 1.82) is 0 Å². The van der Waals surface area contributed by atoms with Gasteiger partial charge >= 0.3 is 18.5 Å². The lowest BCUT2D eigenvalue weighted by Gasteiger charge is -2.40. The van der Waals surface area contributed by atoms with Gasteiger partial charge in [0, 0.05) is 12.1 Å². The summed E-state index contributed by atoms with van der Waals surface area (Å²) in [4.78, 5) is 9.12. The molecule has 0 spiro atoms. The fraction of sp³-hybridized carbons (Fsp3) is 0.455. The lowest BCUT2D eigenvalue weighted by Crippen LogP contribution is -2.62. The zero-order valence-electron chi connectivity index (χ0n) is 10.9. The maximum Gasteiger partial charge on any atom is 0.415 e. The van der Waals surface area contributed by atoms with Gasteiger partial charge in [0.25, 0.3) is 11.1 Å². The first-order chi connectivity index (χ1) is 10.6. The van der Waals surface area contributed by atoms with E-state index < -0.39 is 46.3 Å². The molecule has 3 nitrogen and oxygen atoms in total. The number of non-ortho nitro benzene ring substituents is 1. The lowest BCUT2D eigenvalue weighted by atomic mass is 9.77. The molecule has 0 heterocycles. The van der Waals surface area contributed by atoms with Crippen LogP contribution in [0, 0.1) is 15.5 Å². The molecule has 1 rings (SSSR count). The third-order valence-electron chi connectivity index (χ3n) is 3.10. The Morgan fingerprint density at radius 2 is 1.29 bits per heavy atom. The van der Waals surface area contributed by atoms with E-state index in [1.54, 1.807) is 0 Å². The quantitative estimate of drug-likeness (QED) is 0.411. The first kappa shape index (κ1) is 20.0. The largest absolute Gasteiger partial charge is 0.415 e. The second-order valence-corrected chi connectivity index (χ2v) is 4.52. The van der Waals surface area contributed by atoms with E-state index in [1.807, 2.05) is 0 Å². The van der Waals surface area contributed by atoms with Crippen molar-refractivity contribution in [1.82, 2.24) is 0 Å². The third kappa shape index (κ3) is 2.98. The zero-order chi connectivity index (χ0) is 19.1. The molecule has 0 aromatic heterocycles. The van der Waals surface area contributed by atoms with E-state index in [0.29, 0.717) is 12.1 Å². The van der Waals surface area contributed by atoms with E-state index in [0.717, 1.165) is 0 Å². The van der Waals surface area contributed by atoms with Crippen molar-refractivity contribution in [2.24, 2.45) is 5.41 Å². The Morgan fingerprint density at radius 1 is 0.875 bits per heavy atom. The average Bonchev–Trinajstić information content (AvgIpc) is 2.33. The summed E-state index contributed by atoms with van der Waals surface area (Å²) in [5.74, 6) is 0. The molecule has 0 bridgehead atoms. The van der Waals surface area contributed by atoms with Gasteiger partial charge in [0.15, 0.2) is 6.17 Å². The van der Waals surface area contributed by atoms with Gasteiger partial charge in [-0.2, -0.15) is 39.5 Å². The average molecular weight is 373 g/mol. The summed E-state index contributed by atoms with van der Waals surface area (Å²) < 4.78 is 129. The molecule has 0 saturated heterocycles. The van der Waals surface area contributed by atoms with Crippen LogP contribution in [0.2, 0.25) is 0 Å². The predicted octanol–water partition coefficient (Wildman–Crippen LogP) is 5.28. The van der Waals surface area contributed by atoms with E-state index >= 15 is 0 Å². The number of nitro benzene ring substituents is 1. The minimum atomic E-state index is -7.10. The van der Waals surface area contributed by atoms with Gasteiger partial charge in [-0.3, -0.25) is 10.1 Å². The van der Waals surface area contributed by atoms with Crippen molar-refractivity contribution >= 4 is 5.69 Å². The number of nitro groups is 1. The topological polar surface area (TPSA) is 43.1 Å². The number of alkyl halides is 10. The van der Waals surface area contributed by atoms with Crippen molar-refractivity contribution in [2.45, 2.75) is 24.7 Å². The van der Waals surface area contributed by atoms with Gasteiger partial charge in [-0.1, -0.05) is 12.1 Å². The van der Waals surface area contributed by atoms with E-state index in [1.165, 1.54) is 0 Å². The third-order valence-corrected chi connectivity index (χ3v) is 3.10. The Morgan fingerprint density at radius 3 is 1.62 bits per heavy atom. The monoisotopic (exact) mass is 373 g/mol. The second kappa shape index (κ2) is 5.77. The first-order valence-electron chi connectivity index (χ1n) is 5.66. The van der Waals surface area contributed by atoms with Crippen LogP contribution in [0.5, 0.6) is 0 Å². The van der Waals surface area contributed by atoms with Crippen LogP contribution in [0.3, 0.4) is 0 Å². The molecule has 0 N–H and O–H groups in total. The summed E-state index contributed by atoms with van der Waals surface area (Å²) in [6, 6.07) is 1.07. The van der Waals surface area contributed by atoms with Gasteiger partial charge in [-0.15, -0.1) is 0 Å². The highest BCUT2D eigenvalue weighted by molar-refractivity contribution is 5.37. The number of hydrogen-bond acceptors (Lipinski definition) is 2. The molecule has 1 unspecified atom stereocenters. The van der Waals surface area contributed by atoms with Crippen molar-refractivity contribution in [3.05, 3.63) is 39.9 Å². The highest BCUT2D eigenvalue weighted by atomic mass is 19.4. The van der Waals surface area contributed by atoms with Crippen LogP contribution in [-0.4, -0.2) is 23.5 Å². The number of benzene rings is 1. The standard InChI is InChI=1S/C11H5F10NO2/c12-7(5-2-1-3-6(4-5)22(23)24)8(9(13,14)15,10(16,17)18)11(19,20)21/h1-4,7H. The van der Waals surface area contributed by atoms with Gasteiger partial charge in [-0.05, 0) is 5.56 Å². The molecule has 136 valence electrons. The van der Waals surface area contributed by atoms with Crippen LogP contribution in [0.25, 0.3) is 0 Å². The summed E-state index contributed by atoms with van der Waals surface area (Å²) in [5.41, 5.74) is -9.69. The summed E-state index contributed by atoms with van der Waals surface area (Å²) in [6.07, 6.45) is -26.0. The minimum Gasteiger partial charge on any atom is -0.258 e. The van der Waals surface area contributed by atoms with Gasteiger partial charge < -0.3 is 0 Å². The maximum absolute atomic E-state index is 14.0. The normalized spacial score (nSPS) is 15.2. The fourth-order valence-corrected chi connectivity index (χ4v) is 1.96. The van der Waals surface area contributed by atoms with Crippen molar-refractivity contribution < 1.29 is 48.8 Å². The molecule has 1 aromatic rings. The molecule has 0 amide bonds. The number of rotatable bonds is 3. The first-order valence-corrected chi connectivity index (χ1v) is 5.66. The molecule has 24 heavy (non-hydrogen) atoms. The van der Waals surface area contributed by atoms with Gasteiger partial charge in [-0.25, -0.2) is 4.39 Å². The number of hydrogen-bond donors (Lipinski definition) is 0. The predicted molar refractivity (Wildman–Crippen MR) is 57.5 cm³/mol. The summed E-state index contributed by atoms with van der Waals surface area (Å²) in [5, 5.41) is 10.4. The van der Waals surface area contributed by atoms with Gasteiger partial charge in [0.1, 0.15) is 0 Å². The highest BCUT2D eigenvalue weighted by Gasteiger charge is 2.87. The van der Waals surface area contributed by atoms with Crippen LogP contribution in [-0.2, 0) is 0 Å². The van der Waals surface area contributed by atoms with Crippen molar-refractivity contribution in [3.63, 3.8) is 0 Å². The van der Waals surface area contributed by atoms with Gasteiger partial charge in [0.05, 0.1) is 4.92 Å². The molecule has 0 aliphatic carbocycles. The number of halogens is 10. The Labute approximate surface area is 126 Å². The smallest absolute Gasteiger partial charge is 0.258 e. The van der Waals surface area contributed by atoms with E-state index in [9.17, 15) is 54.0 Å². The zero-order valence-corrected chi connectivity index (χ0v) is 10.9. The van der Waals surface area contributed by atoms with E-state index in [4.69, 9.17) is 0 Å². The Hall–Kier alpha value is -2.08. The Kier molecular flexibility index (Phi) is 4.80. The molecule has 0 radical (unpaired) electrons. The molecule has 1 aromatic carbocycles. The van der Waals surface area contributed by atoms with Crippen molar-refractivity contribution in [3.8, 4) is 0 Å². The lowest BCUT2D eigenvalue weighted by molar-refractivity contribution is -0.443. The minimum absolute atomic E-state index is 0.122. The van der Waals surface area contributed by atoms with Crippen molar-refractivity contribution in [2.75, 3.05) is 0 Å². The summed E-state index contributed by atoms with van der Waals surface area (Å²) in [6.45, 7) is 0. The van der Waals surface area contributed by atoms with Crippen LogP contribution in [0.15, 0.2) is 24.3 Å².